The normalized spacial score (nSPS) is 11.8. The van der Waals surface area contributed by atoms with Crippen molar-refractivity contribution in [3.05, 3.63) is 11.8 Å². The van der Waals surface area contributed by atoms with Crippen LogP contribution in [0.2, 0.25) is 0 Å². The number of allylic oxidation sites excluding steroid dienone is 1. The van der Waals surface area contributed by atoms with Crippen LogP contribution in [0.1, 0.15) is 20.8 Å². The summed E-state index contributed by atoms with van der Waals surface area (Å²) in [4.78, 5) is 10.7. The van der Waals surface area contributed by atoms with Gasteiger partial charge in [-0.3, -0.25) is 0 Å². The van der Waals surface area contributed by atoms with Crippen molar-refractivity contribution >= 4 is 5.97 Å². The fourth-order valence-corrected chi connectivity index (χ4v) is 0.452. The Morgan fingerprint density at radius 3 is 2.40 bits per heavy atom. The van der Waals surface area contributed by atoms with E-state index in [0.717, 1.165) is 0 Å². The summed E-state index contributed by atoms with van der Waals surface area (Å²) in [6, 6.07) is 0. The second-order valence-corrected chi connectivity index (χ2v) is 2.37. The molecule has 0 spiro atoms. The van der Waals surface area contributed by atoms with E-state index in [1.165, 1.54) is 6.08 Å². The summed E-state index contributed by atoms with van der Waals surface area (Å²) >= 11 is 0. The lowest BCUT2D eigenvalue weighted by atomic mass is 10.4. The highest BCUT2D eigenvalue weighted by Crippen LogP contribution is 1.91. The third kappa shape index (κ3) is 5.15. The van der Waals surface area contributed by atoms with Crippen molar-refractivity contribution in [1.29, 1.82) is 0 Å². The first-order chi connectivity index (χ1) is 4.52. The molecule has 0 aromatic heterocycles. The molecule has 0 unspecified atom stereocenters. The predicted molar refractivity (Wildman–Crippen MR) is 39.2 cm³/mol. The Morgan fingerprint density at radius 1 is 1.60 bits per heavy atom. The van der Waals surface area contributed by atoms with Crippen LogP contribution < -0.4 is 5.73 Å². The Labute approximate surface area is 60.9 Å². The minimum Gasteiger partial charge on any atom is -0.460 e. The van der Waals surface area contributed by atoms with Gasteiger partial charge in [0.05, 0.1) is 6.10 Å². The van der Waals surface area contributed by atoms with E-state index in [1.54, 1.807) is 20.8 Å². The minimum atomic E-state index is -0.380. The minimum absolute atomic E-state index is 0.0805. The first-order valence-corrected chi connectivity index (χ1v) is 3.16. The maximum absolute atomic E-state index is 10.7. The van der Waals surface area contributed by atoms with Gasteiger partial charge in [0.15, 0.2) is 0 Å². The number of hydrogen-bond donors (Lipinski definition) is 1. The summed E-state index contributed by atoms with van der Waals surface area (Å²) in [6.07, 6.45) is 1.18. The molecule has 3 nitrogen and oxygen atoms in total. The highest BCUT2D eigenvalue weighted by Gasteiger charge is 1.99. The topological polar surface area (TPSA) is 52.3 Å². The predicted octanol–water partition coefficient (Wildman–Crippen LogP) is 0.800. The monoisotopic (exact) mass is 143 g/mol. The van der Waals surface area contributed by atoms with Crippen LogP contribution in [0, 0.1) is 0 Å². The second kappa shape index (κ2) is 3.93. The molecule has 0 saturated carbocycles. The number of nitrogens with two attached hydrogens (primary N) is 1. The Balaban J connectivity index is 3.76. The lowest BCUT2D eigenvalue weighted by molar-refractivity contribution is -0.141. The number of rotatable bonds is 2. The van der Waals surface area contributed by atoms with Gasteiger partial charge in [0, 0.05) is 11.8 Å². The molecule has 0 aromatic carbocycles. The smallest absolute Gasteiger partial charge is 0.332 e. The van der Waals surface area contributed by atoms with Crippen LogP contribution in [-0.4, -0.2) is 12.1 Å². The van der Waals surface area contributed by atoms with E-state index in [0.29, 0.717) is 5.70 Å². The largest absolute Gasteiger partial charge is 0.460 e. The molecule has 2 N–H and O–H groups in total. The van der Waals surface area contributed by atoms with Crippen molar-refractivity contribution in [2.45, 2.75) is 26.9 Å². The third-order valence-corrected chi connectivity index (χ3v) is 0.697. The maximum Gasteiger partial charge on any atom is 0.332 e. The maximum atomic E-state index is 10.7. The van der Waals surface area contributed by atoms with Crippen LogP contribution in [0.25, 0.3) is 0 Å². The Kier molecular flexibility index (Phi) is 3.54. The first kappa shape index (κ1) is 9.01. The highest BCUT2D eigenvalue weighted by atomic mass is 16.5. The average Bonchev–Trinajstić information content (AvgIpc) is 1.58. The standard InChI is InChI=1S/C7H13NO2/c1-5(2)10-7(9)4-6(3)8/h4-5H,8H2,1-3H3/b6-4+. The van der Waals surface area contributed by atoms with Gasteiger partial charge in [-0.2, -0.15) is 0 Å². The van der Waals surface area contributed by atoms with Gasteiger partial charge in [0.2, 0.25) is 0 Å². The lowest BCUT2D eigenvalue weighted by Gasteiger charge is -2.03. The molecule has 58 valence electrons. The van der Waals surface area contributed by atoms with E-state index in [2.05, 4.69) is 0 Å². The molecule has 0 aliphatic carbocycles. The lowest BCUT2D eigenvalue weighted by Crippen LogP contribution is -2.10. The van der Waals surface area contributed by atoms with Crippen LogP contribution in [0.3, 0.4) is 0 Å². The number of ether oxygens (including phenoxy) is 1. The average molecular weight is 143 g/mol. The molecule has 3 heteroatoms. The molecule has 0 aliphatic rings. The number of hydrogen-bond acceptors (Lipinski definition) is 3. The van der Waals surface area contributed by atoms with Gasteiger partial charge < -0.3 is 10.5 Å². The van der Waals surface area contributed by atoms with Crippen molar-refractivity contribution in [3.8, 4) is 0 Å². The summed E-state index contributed by atoms with van der Waals surface area (Å²) in [7, 11) is 0. The van der Waals surface area contributed by atoms with Crippen LogP contribution in [-0.2, 0) is 9.53 Å². The van der Waals surface area contributed by atoms with E-state index in [-0.39, 0.29) is 12.1 Å². The molecule has 0 radical (unpaired) electrons. The molecule has 0 atom stereocenters. The van der Waals surface area contributed by atoms with Crippen molar-refractivity contribution in [1.82, 2.24) is 0 Å². The van der Waals surface area contributed by atoms with E-state index in [1.807, 2.05) is 0 Å². The number of esters is 1. The summed E-state index contributed by atoms with van der Waals surface area (Å²) < 4.78 is 4.77. The van der Waals surface area contributed by atoms with Crippen molar-refractivity contribution < 1.29 is 9.53 Å². The molecule has 10 heavy (non-hydrogen) atoms. The summed E-state index contributed by atoms with van der Waals surface area (Å²) in [5.41, 5.74) is 5.69. The third-order valence-electron chi connectivity index (χ3n) is 0.697. The summed E-state index contributed by atoms with van der Waals surface area (Å²) in [5, 5.41) is 0. The molecule has 0 aromatic rings. The van der Waals surface area contributed by atoms with E-state index in [4.69, 9.17) is 10.5 Å². The van der Waals surface area contributed by atoms with Crippen LogP contribution in [0.15, 0.2) is 11.8 Å². The Morgan fingerprint density at radius 2 is 2.10 bits per heavy atom. The number of carbonyl (C=O) groups excluding carboxylic acids is 1. The molecular formula is C7H13NO2. The van der Waals surface area contributed by atoms with Crippen LogP contribution >= 0.6 is 0 Å². The van der Waals surface area contributed by atoms with Gasteiger partial charge >= 0.3 is 5.97 Å². The van der Waals surface area contributed by atoms with Gasteiger partial charge in [0.25, 0.3) is 0 Å². The van der Waals surface area contributed by atoms with Gasteiger partial charge in [-0.25, -0.2) is 4.79 Å². The van der Waals surface area contributed by atoms with Gasteiger partial charge in [-0.15, -0.1) is 0 Å². The molecule has 0 heterocycles. The zero-order valence-electron chi connectivity index (χ0n) is 6.55. The molecule has 0 bridgehead atoms. The zero-order valence-corrected chi connectivity index (χ0v) is 6.55. The van der Waals surface area contributed by atoms with Crippen LogP contribution in [0.4, 0.5) is 0 Å². The van der Waals surface area contributed by atoms with Crippen LogP contribution in [0.5, 0.6) is 0 Å². The van der Waals surface area contributed by atoms with E-state index in [9.17, 15) is 4.79 Å². The second-order valence-electron chi connectivity index (χ2n) is 2.37. The molecule has 0 fully saturated rings. The van der Waals surface area contributed by atoms with E-state index >= 15 is 0 Å². The molecule has 0 rings (SSSR count). The number of carbonyl (C=O) groups is 1. The fourth-order valence-electron chi connectivity index (χ4n) is 0.452. The fraction of sp³-hybridized carbons (Fsp3) is 0.571. The van der Waals surface area contributed by atoms with Gasteiger partial charge in [-0.05, 0) is 20.8 Å². The van der Waals surface area contributed by atoms with Gasteiger partial charge in [-0.1, -0.05) is 0 Å². The van der Waals surface area contributed by atoms with Crippen molar-refractivity contribution in [2.75, 3.05) is 0 Å². The van der Waals surface area contributed by atoms with Crippen molar-refractivity contribution in [2.24, 2.45) is 5.73 Å². The zero-order chi connectivity index (χ0) is 8.15. The quantitative estimate of drug-likeness (QED) is 0.459. The Hall–Kier alpha value is -0.990. The first-order valence-electron chi connectivity index (χ1n) is 3.16. The summed E-state index contributed by atoms with van der Waals surface area (Å²) in [6.45, 7) is 5.22. The SMILES string of the molecule is C/C(N)=C\C(=O)OC(C)C. The molecule has 0 saturated heterocycles. The molecule has 0 aliphatic heterocycles. The molecular weight excluding hydrogens is 130 g/mol. The highest BCUT2D eigenvalue weighted by molar-refractivity contribution is 5.82. The molecule has 0 amide bonds. The van der Waals surface area contributed by atoms with Crippen molar-refractivity contribution in [3.63, 3.8) is 0 Å². The van der Waals surface area contributed by atoms with E-state index < -0.39 is 0 Å². The Bertz CT molecular complexity index is 146. The van der Waals surface area contributed by atoms with Gasteiger partial charge in [0.1, 0.15) is 0 Å². The summed E-state index contributed by atoms with van der Waals surface area (Å²) in [5.74, 6) is -0.380.